The smallest absolute Gasteiger partial charge is 0.191 e. The second-order valence-electron chi connectivity index (χ2n) is 6.26. The van der Waals surface area contributed by atoms with Crippen LogP contribution in [0.2, 0.25) is 0 Å². The minimum atomic E-state index is 0. The monoisotopic (exact) mass is 449 g/mol. The van der Waals surface area contributed by atoms with Crippen molar-refractivity contribution < 1.29 is 0 Å². The van der Waals surface area contributed by atoms with Gasteiger partial charge in [-0.25, -0.2) is 0 Å². The molecular formula is C16H32IN7. The zero-order valence-corrected chi connectivity index (χ0v) is 17.5. The molecule has 0 aromatic carbocycles. The first-order valence-electron chi connectivity index (χ1n) is 8.72. The maximum Gasteiger partial charge on any atom is 0.191 e. The first-order valence-corrected chi connectivity index (χ1v) is 8.72. The highest BCUT2D eigenvalue weighted by Crippen LogP contribution is 2.18. The summed E-state index contributed by atoms with van der Waals surface area (Å²) in [6.07, 6.45) is 6.55. The number of likely N-dealkylation sites (tertiary alicyclic amines) is 1. The Morgan fingerprint density at radius 3 is 2.67 bits per heavy atom. The lowest BCUT2D eigenvalue weighted by Crippen LogP contribution is -2.40. The summed E-state index contributed by atoms with van der Waals surface area (Å²) in [5, 5.41) is 14.8. The molecule has 0 radical (unpaired) electrons. The Morgan fingerprint density at radius 2 is 2.00 bits per heavy atom. The van der Waals surface area contributed by atoms with E-state index in [1.807, 2.05) is 7.05 Å². The Labute approximate surface area is 162 Å². The normalized spacial score (nSPS) is 16.7. The first kappa shape index (κ1) is 21.1. The van der Waals surface area contributed by atoms with E-state index in [0.717, 1.165) is 43.8 Å². The molecule has 1 aromatic heterocycles. The number of aryl methyl sites for hydroxylation is 1. The van der Waals surface area contributed by atoms with E-state index in [4.69, 9.17) is 0 Å². The molecule has 2 heterocycles. The molecule has 1 fully saturated rings. The van der Waals surface area contributed by atoms with Gasteiger partial charge in [0.25, 0.3) is 0 Å². The molecule has 2 rings (SSSR count). The van der Waals surface area contributed by atoms with Crippen molar-refractivity contribution in [2.75, 3.05) is 40.3 Å². The lowest BCUT2D eigenvalue weighted by Gasteiger charge is -2.29. The van der Waals surface area contributed by atoms with Crippen molar-refractivity contribution in [2.45, 2.75) is 39.2 Å². The van der Waals surface area contributed by atoms with Crippen molar-refractivity contribution in [3.8, 4) is 0 Å². The van der Waals surface area contributed by atoms with Gasteiger partial charge in [0.05, 0.1) is 0 Å². The quantitative estimate of drug-likeness (QED) is 0.374. The van der Waals surface area contributed by atoms with E-state index in [1.165, 1.54) is 32.4 Å². The summed E-state index contributed by atoms with van der Waals surface area (Å²) in [5.41, 5.74) is 0. The van der Waals surface area contributed by atoms with E-state index in [-0.39, 0.29) is 24.0 Å². The largest absolute Gasteiger partial charge is 0.356 e. The molecule has 0 spiro atoms. The van der Waals surface area contributed by atoms with Crippen LogP contribution < -0.4 is 10.6 Å². The minimum absolute atomic E-state index is 0. The molecule has 1 aliphatic rings. The predicted octanol–water partition coefficient (Wildman–Crippen LogP) is 1.36. The van der Waals surface area contributed by atoms with Crippen LogP contribution in [0.5, 0.6) is 0 Å². The maximum atomic E-state index is 4.29. The van der Waals surface area contributed by atoms with Gasteiger partial charge in [-0.1, -0.05) is 6.92 Å². The number of hydrogen-bond donors (Lipinski definition) is 2. The van der Waals surface area contributed by atoms with Gasteiger partial charge in [0.15, 0.2) is 5.96 Å². The molecule has 1 saturated heterocycles. The molecule has 1 aliphatic heterocycles. The number of rotatable bonds is 7. The highest BCUT2D eigenvalue weighted by Gasteiger charge is 2.16. The molecule has 0 bridgehead atoms. The molecule has 0 amide bonds. The summed E-state index contributed by atoms with van der Waals surface area (Å²) in [4.78, 5) is 6.71. The van der Waals surface area contributed by atoms with Crippen LogP contribution in [-0.2, 0) is 13.0 Å². The van der Waals surface area contributed by atoms with Crippen LogP contribution in [0.25, 0.3) is 0 Å². The molecular weight excluding hydrogens is 417 g/mol. The summed E-state index contributed by atoms with van der Waals surface area (Å²) in [6.45, 7) is 7.22. The van der Waals surface area contributed by atoms with Gasteiger partial charge in [0.1, 0.15) is 12.2 Å². The van der Waals surface area contributed by atoms with Gasteiger partial charge >= 0.3 is 0 Å². The summed E-state index contributed by atoms with van der Waals surface area (Å²) < 4.78 is 2.08. The minimum Gasteiger partial charge on any atom is -0.356 e. The molecule has 7 nitrogen and oxygen atoms in total. The van der Waals surface area contributed by atoms with Crippen LogP contribution in [0.3, 0.4) is 0 Å². The number of piperidine rings is 1. The summed E-state index contributed by atoms with van der Waals surface area (Å²) >= 11 is 0. The number of aromatic nitrogens is 3. The second-order valence-corrected chi connectivity index (χ2v) is 6.26. The van der Waals surface area contributed by atoms with E-state index >= 15 is 0 Å². The van der Waals surface area contributed by atoms with Crippen LogP contribution in [0, 0.1) is 5.92 Å². The van der Waals surface area contributed by atoms with E-state index in [9.17, 15) is 0 Å². The third kappa shape index (κ3) is 6.92. The maximum absolute atomic E-state index is 4.29. The summed E-state index contributed by atoms with van der Waals surface area (Å²) in [5.74, 6) is 2.75. The van der Waals surface area contributed by atoms with E-state index < -0.39 is 0 Å². The summed E-state index contributed by atoms with van der Waals surface area (Å²) in [7, 11) is 4.03. The van der Waals surface area contributed by atoms with Gasteiger partial charge in [-0.2, -0.15) is 0 Å². The molecule has 8 heteroatoms. The molecule has 24 heavy (non-hydrogen) atoms. The van der Waals surface area contributed by atoms with Gasteiger partial charge in [0, 0.05) is 33.1 Å². The van der Waals surface area contributed by atoms with E-state index in [2.05, 4.69) is 49.3 Å². The fourth-order valence-electron chi connectivity index (χ4n) is 3.00. The van der Waals surface area contributed by atoms with Crippen LogP contribution in [0.15, 0.2) is 11.3 Å². The number of nitrogens with zero attached hydrogens (tertiary/aromatic N) is 5. The van der Waals surface area contributed by atoms with Crippen molar-refractivity contribution in [1.29, 1.82) is 0 Å². The fourth-order valence-corrected chi connectivity index (χ4v) is 3.00. The summed E-state index contributed by atoms with van der Waals surface area (Å²) in [6, 6.07) is 0. The Kier molecular flexibility index (Phi) is 10.2. The number of hydrogen-bond acceptors (Lipinski definition) is 4. The molecule has 0 aliphatic carbocycles. The van der Waals surface area contributed by atoms with Crippen molar-refractivity contribution in [3.63, 3.8) is 0 Å². The Bertz CT molecular complexity index is 481. The third-order valence-electron chi connectivity index (χ3n) is 4.56. The van der Waals surface area contributed by atoms with Crippen molar-refractivity contribution in [2.24, 2.45) is 10.9 Å². The number of halogens is 1. The van der Waals surface area contributed by atoms with Gasteiger partial charge in [-0.3, -0.25) is 4.99 Å². The van der Waals surface area contributed by atoms with Gasteiger partial charge in [-0.15, -0.1) is 34.2 Å². The van der Waals surface area contributed by atoms with Gasteiger partial charge in [-0.05, 0) is 45.3 Å². The molecule has 0 saturated carbocycles. The van der Waals surface area contributed by atoms with E-state index in [0.29, 0.717) is 0 Å². The lowest BCUT2D eigenvalue weighted by molar-refractivity contribution is 0.213. The molecule has 0 unspecified atom stereocenters. The molecule has 0 atom stereocenters. The molecule has 2 N–H and O–H groups in total. The van der Waals surface area contributed by atoms with Crippen molar-refractivity contribution in [3.05, 3.63) is 12.2 Å². The lowest BCUT2D eigenvalue weighted by atomic mass is 9.94. The van der Waals surface area contributed by atoms with Gasteiger partial charge < -0.3 is 20.1 Å². The predicted molar refractivity (Wildman–Crippen MR) is 109 cm³/mol. The number of guanidine groups is 1. The molecule has 138 valence electrons. The Morgan fingerprint density at radius 1 is 1.29 bits per heavy atom. The fraction of sp³-hybridized carbons (Fsp3) is 0.812. The van der Waals surface area contributed by atoms with Crippen LogP contribution in [-0.4, -0.2) is 65.9 Å². The molecule has 1 aromatic rings. The Balaban J connectivity index is 0.00000288. The highest BCUT2D eigenvalue weighted by atomic mass is 127. The van der Waals surface area contributed by atoms with Crippen molar-refractivity contribution >= 4 is 29.9 Å². The zero-order chi connectivity index (χ0) is 16.5. The van der Waals surface area contributed by atoms with Crippen LogP contribution in [0.4, 0.5) is 0 Å². The highest BCUT2D eigenvalue weighted by molar-refractivity contribution is 14.0. The van der Waals surface area contributed by atoms with Gasteiger partial charge in [0.2, 0.25) is 0 Å². The SMILES string of the molecule is CCc1nncn1CCNC(=NC)NCCC1CCN(C)CC1.I. The second kappa shape index (κ2) is 11.6. The van der Waals surface area contributed by atoms with Crippen LogP contribution in [0.1, 0.15) is 32.0 Å². The Hall–Kier alpha value is -0.900. The first-order chi connectivity index (χ1) is 11.2. The van der Waals surface area contributed by atoms with Crippen molar-refractivity contribution in [1.82, 2.24) is 30.3 Å². The average molecular weight is 449 g/mol. The number of nitrogens with one attached hydrogen (secondary N) is 2. The van der Waals surface area contributed by atoms with Crippen LogP contribution >= 0.6 is 24.0 Å². The topological polar surface area (TPSA) is 70.4 Å². The zero-order valence-electron chi connectivity index (χ0n) is 15.2. The average Bonchev–Trinajstić information content (AvgIpc) is 3.02. The standard InChI is InChI=1S/C16H31N7.HI/c1-4-15-21-20-13-23(15)12-9-19-16(17-2)18-8-5-14-6-10-22(3)11-7-14;/h13-14H,4-12H2,1-3H3,(H2,17,18,19);1H. The van der Waals surface area contributed by atoms with E-state index in [1.54, 1.807) is 6.33 Å². The third-order valence-corrected chi connectivity index (χ3v) is 4.56. The number of aliphatic imine (C=N–C) groups is 1.